The summed E-state index contributed by atoms with van der Waals surface area (Å²) >= 11 is 0. The third kappa shape index (κ3) is 14.1. The maximum atomic E-state index is 12.1. The van der Waals surface area contributed by atoms with Crippen LogP contribution in [0.2, 0.25) is 0 Å². The third-order valence-corrected chi connectivity index (χ3v) is 8.77. The van der Waals surface area contributed by atoms with Gasteiger partial charge in [-0.25, -0.2) is 0 Å². The Bertz CT molecular complexity index is 1380. The van der Waals surface area contributed by atoms with Crippen LogP contribution >= 0.6 is 0 Å². The van der Waals surface area contributed by atoms with Crippen LogP contribution in [0.5, 0.6) is 11.5 Å². The molecule has 0 saturated carbocycles. The van der Waals surface area contributed by atoms with Crippen LogP contribution in [0.4, 0.5) is 0 Å². The van der Waals surface area contributed by atoms with Gasteiger partial charge in [0.2, 0.25) is 0 Å². The van der Waals surface area contributed by atoms with Crippen molar-refractivity contribution in [1.82, 2.24) is 0 Å². The molecule has 254 valence electrons. The quantitative estimate of drug-likeness (QED) is 0.0998. The highest BCUT2D eigenvalue weighted by Crippen LogP contribution is 2.26. The van der Waals surface area contributed by atoms with E-state index in [1.807, 2.05) is 26.0 Å². The maximum absolute atomic E-state index is 12.1. The molecule has 0 bridgehead atoms. The predicted octanol–water partition coefficient (Wildman–Crippen LogP) is 3.94. The molecular weight excluding hydrogens is 640 g/mol. The van der Waals surface area contributed by atoms with E-state index in [0.717, 1.165) is 11.1 Å². The van der Waals surface area contributed by atoms with Crippen molar-refractivity contribution in [1.29, 1.82) is 0 Å². The summed E-state index contributed by atoms with van der Waals surface area (Å²) in [6, 6.07) is 20.1. The maximum Gasteiger partial charge on any atom is 0.297 e. The number of benzene rings is 3. The topological polar surface area (TPSA) is 142 Å². The second-order valence-electron chi connectivity index (χ2n) is 9.77. The van der Waals surface area contributed by atoms with E-state index in [9.17, 15) is 16.8 Å². The van der Waals surface area contributed by atoms with Crippen LogP contribution in [0.15, 0.2) is 82.6 Å². The zero-order chi connectivity index (χ0) is 33.1. The predicted molar refractivity (Wildman–Crippen MR) is 169 cm³/mol. The minimum absolute atomic E-state index is 0.0893. The smallest absolute Gasteiger partial charge is 0.297 e. The number of ether oxygens (including phenoxy) is 6. The van der Waals surface area contributed by atoms with Gasteiger partial charge in [-0.1, -0.05) is 47.5 Å². The van der Waals surface area contributed by atoms with E-state index in [2.05, 4.69) is 0 Å². The highest BCUT2D eigenvalue weighted by molar-refractivity contribution is 7.87. The first-order valence-electron chi connectivity index (χ1n) is 14.8. The van der Waals surface area contributed by atoms with Gasteiger partial charge < -0.3 is 28.4 Å². The van der Waals surface area contributed by atoms with E-state index in [1.54, 1.807) is 36.4 Å². The van der Waals surface area contributed by atoms with Gasteiger partial charge in [0, 0.05) is 0 Å². The number of hydrogen-bond acceptors (Lipinski definition) is 12. The third-order valence-electron chi connectivity index (χ3n) is 6.12. The van der Waals surface area contributed by atoms with E-state index < -0.39 is 20.2 Å². The fraction of sp³-hybridized carbons (Fsp3) is 0.438. The molecule has 0 aliphatic carbocycles. The molecule has 0 atom stereocenters. The lowest BCUT2D eigenvalue weighted by Gasteiger charge is -2.13. The molecule has 46 heavy (non-hydrogen) atoms. The standard InChI is InChI=1S/C32H42O12S2/c1-27-7-11-29(12-8-27)45(33,34)43-25-21-39-17-15-37-19-23-41-31-5-3-4-6-32(31)42-24-20-38-16-18-40-22-26-44-46(35,36)30-13-9-28(2)10-14-30/h3-14H,15-26H2,1-2H3. The van der Waals surface area contributed by atoms with Crippen LogP contribution in [0, 0.1) is 13.8 Å². The first-order chi connectivity index (χ1) is 22.2. The van der Waals surface area contributed by atoms with Gasteiger partial charge in [0.1, 0.15) is 13.2 Å². The van der Waals surface area contributed by atoms with Gasteiger partial charge in [0.05, 0.1) is 75.9 Å². The van der Waals surface area contributed by atoms with E-state index in [1.165, 1.54) is 24.3 Å². The lowest BCUT2D eigenvalue weighted by molar-refractivity contribution is 0.0253. The van der Waals surface area contributed by atoms with Crippen molar-refractivity contribution < 1.29 is 53.6 Å². The molecule has 0 radical (unpaired) electrons. The summed E-state index contributed by atoms with van der Waals surface area (Å²) < 4.78 is 91.8. The van der Waals surface area contributed by atoms with E-state index >= 15 is 0 Å². The van der Waals surface area contributed by atoms with Gasteiger partial charge in [-0.2, -0.15) is 16.8 Å². The zero-order valence-electron chi connectivity index (χ0n) is 26.1. The second-order valence-corrected chi connectivity index (χ2v) is 13.0. The summed E-state index contributed by atoms with van der Waals surface area (Å²) in [7, 11) is -7.61. The Hall–Kier alpha value is -3.08. The van der Waals surface area contributed by atoms with Gasteiger partial charge in [-0.15, -0.1) is 0 Å². The van der Waals surface area contributed by atoms with Crippen molar-refractivity contribution in [3.8, 4) is 11.5 Å². The molecule has 0 saturated heterocycles. The minimum Gasteiger partial charge on any atom is -0.487 e. The normalized spacial score (nSPS) is 11.9. The Morgan fingerprint density at radius 3 is 1.07 bits per heavy atom. The fourth-order valence-corrected chi connectivity index (χ4v) is 5.49. The summed E-state index contributed by atoms with van der Waals surface area (Å²) in [6.45, 7) is 6.22. The fourth-order valence-electron chi connectivity index (χ4n) is 3.70. The van der Waals surface area contributed by atoms with Gasteiger partial charge in [0.15, 0.2) is 11.5 Å². The Labute approximate surface area is 271 Å². The molecule has 3 rings (SSSR count). The minimum atomic E-state index is -3.81. The Balaban J connectivity index is 1.16. The second kappa shape index (κ2) is 20.2. The Kier molecular flexibility index (Phi) is 16.4. The summed E-state index contributed by atoms with van der Waals surface area (Å²) in [6.07, 6.45) is 0. The molecule has 0 amide bonds. The molecule has 0 aliphatic heterocycles. The van der Waals surface area contributed by atoms with Crippen molar-refractivity contribution in [3.63, 3.8) is 0 Å². The van der Waals surface area contributed by atoms with E-state index in [-0.39, 0.29) is 49.4 Å². The average Bonchev–Trinajstić information content (AvgIpc) is 3.03. The lowest BCUT2D eigenvalue weighted by Crippen LogP contribution is -2.15. The van der Waals surface area contributed by atoms with Crippen LogP contribution in [0.1, 0.15) is 11.1 Å². The monoisotopic (exact) mass is 682 g/mol. The summed E-state index contributed by atoms with van der Waals surface area (Å²) in [5, 5.41) is 0. The van der Waals surface area contributed by atoms with Crippen molar-refractivity contribution in [2.45, 2.75) is 23.6 Å². The average molecular weight is 683 g/mol. The van der Waals surface area contributed by atoms with Crippen LogP contribution in [-0.4, -0.2) is 96.1 Å². The van der Waals surface area contributed by atoms with E-state index in [4.69, 9.17) is 36.8 Å². The molecule has 0 unspecified atom stereocenters. The van der Waals surface area contributed by atoms with Crippen LogP contribution in [-0.2, 0) is 47.5 Å². The largest absolute Gasteiger partial charge is 0.487 e. The summed E-state index contributed by atoms with van der Waals surface area (Å²) in [4.78, 5) is 0.220. The zero-order valence-corrected chi connectivity index (χ0v) is 27.8. The Morgan fingerprint density at radius 1 is 0.413 bits per heavy atom. The number of para-hydroxylation sites is 2. The van der Waals surface area contributed by atoms with E-state index in [0.29, 0.717) is 51.1 Å². The Morgan fingerprint density at radius 2 is 0.717 bits per heavy atom. The van der Waals surface area contributed by atoms with Crippen molar-refractivity contribution in [2.75, 3.05) is 79.3 Å². The first-order valence-corrected chi connectivity index (χ1v) is 17.6. The molecule has 0 N–H and O–H groups in total. The molecule has 0 fully saturated rings. The van der Waals surface area contributed by atoms with Gasteiger partial charge in [-0.3, -0.25) is 8.37 Å². The lowest BCUT2D eigenvalue weighted by atomic mass is 10.2. The van der Waals surface area contributed by atoms with Crippen LogP contribution < -0.4 is 9.47 Å². The van der Waals surface area contributed by atoms with Crippen molar-refractivity contribution in [2.24, 2.45) is 0 Å². The SMILES string of the molecule is Cc1ccc(S(=O)(=O)OCCOCCOCCOc2ccccc2OCCOCCOCCOS(=O)(=O)c2ccc(C)cc2)cc1. The molecule has 12 nitrogen and oxygen atoms in total. The molecule has 14 heteroatoms. The van der Waals surface area contributed by atoms with Crippen LogP contribution in [0.25, 0.3) is 0 Å². The molecular formula is C32H42O12S2. The number of hydrogen-bond donors (Lipinski definition) is 0. The molecule has 0 aliphatic rings. The van der Waals surface area contributed by atoms with Crippen molar-refractivity contribution >= 4 is 20.2 Å². The van der Waals surface area contributed by atoms with Gasteiger partial charge >= 0.3 is 0 Å². The molecule has 3 aromatic rings. The van der Waals surface area contributed by atoms with Gasteiger partial charge in [0.25, 0.3) is 20.2 Å². The van der Waals surface area contributed by atoms with Gasteiger partial charge in [-0.05, 0) is 50.2 Å². The van der Waals surface area contributed by atoms with Crippen LogP contribution in [0.3, 0.4) is 0 Å². The molecule has 0 heterocycles. The molecule has 3 aromatic carbocycles. The highest BCUT2D eigenvalue weighted by Gasteiger charge is 2.15. The highest BCUT2D eigenvalue weighted by atomic mass is 32.2. The summed E-state index contributed by atoms with van der Waals surface area (Å²) in [5.74, 6) is 1.14. The number of rotatable bonds is 24. The molecule has 0 spiro atoms. The number of aryl methyl sites for hydroxylation is 2. The molecule has 0 aromatic heterocycles. The summed E-state index contributed by atoms with van der Waals surface area (Å²) in [5.41, 5.74) is 1.92. The van der Waals surface area contributed by atoms with Crippen molar-refractivity contribution in [3.05, 3.63) is 83.9 Å². The first kappa shape index (κ1) is 37.4.